The van der Waals surface area contributed by atoms with Crippen LogP contribution in [0.3, 0.4) is 0 Å². The molecule has 0 saturated carbocycles. The number of carbonyl (C=O) groups excluding carboxylic acids is 2. The highest BCUT2D eigenvalue weighted by molar-refractivity contribution is 7.14. The quantitative estimate of drug-likeness (QED) is 0.382. The number of hydrogen-bond donors (Lipinski definition) is 4. The summed E-state index contributed by atoms with van der Waals surface area (Å²) in [6, 6.07) is 1.76. The molecule has 0 unspecified atom stereocenters. The molecular formula is C13H12N2O6S. The second kappa shape index (κ2) is 6.31. The molecule has 1 aromatic carbocycles. The summed E-state index contributed by atoms with van der Waals surface area (Å²) in [6.45, 7) is 1.87. The molecule has 22 heavy (non-hydrogen) atoms. The van der Waals surface area contributed by atoms with Gasteiger partial charge < -0.3 is 20.1 Å². The molecule has 8 nitrogen and oxygen atoms in total. The second-order valence-electron chi connectivity index (χ2n) is 4.07. The van der Waals surface area contributed by atoms with E-state index in [0.29, 0.717) is 0 Å². The van der Waals surface area contributed by atoms with Gasteiger partial charge in [0.15, 0.2) is 22.3 Å². The van der Waals surface area contributed by atoms with Crippen LogP contribution in [0.5, 0.6) is 17.2 Å². The fourth-order valence-corrected chi connectivity index (χ4v) is 2.22. The minimum atomic E-state index is -0.752. The van der Waals surface area contributed by atoms with Crippen molar-refractivity contribution < 1.29 is 29.6 Å². The Balaban J connectivity index is 2.16. The molecule has 1 amide bonds. The molecular weight excluding hydrogens is 312 g/mol. The van der Waals surface area contributed by atoms with E-state index in [0.717, 1.165) is 23.5 Å². The standard InChI is InChI=1S/C13H12N2O6S/c1-2-21-12(20)7-5-22-13(14-7)15-11(19)6-3-9(17)10(18)4-8(6)16/h3-5,16-18H,2H2,1H3,(H,14,15,19). The summed E-state index contributed by atoms with van der Waals surface area (Å²) in [5, 5.41) is 32.1. The molecule has 0 radical (unpaired) electrons. The number of aromatic nitrogens is 1. The predicted octanol–water partition coefficient (Wildman–Crippen LogP) is 1.69. The van der Waals surface area contributed by atoms with E-state index in [1.54, 1.807) is 6.92 Å². The van der Waals surface area contributed by atoms with Gasteiger partial charge in [-0.3, -0.25) is 10.1 Å². The smallest absolute Gasteiger partial charge is 0.357 e. The number of hydrogen-bond acceptors (Lipinski definition) is 8. The fourth-order valence-electron chi connectivity index (χ4n) is 1.54. The van der Waals surface area contributed by atoms with E-state index < -0.39 is 29.1 Å². The van der Waals surface area contributed by atoms with Crippen LogP contribution >= 0.6 is 11.3 Å². The Morgan fingerprint density at radius 1 is 1.23 bits per heavy atom. The van der Waals surface area contributed by atoms with Crippen molar-refractivity contribution >= 4 is 28.3 Å². The molecule has 0 aliphatic heterocycles. The maximum Gasteiger partial charge on any atom is 0.357 e. The Kier molecular flexibility index (Phi) is 4.47. The van der Waals surface area contributed by atoms with Gasteiger partial charge in [0, 0.05) is 17.5 Å². The number of phenols is 3. The normalized spacial score (nSPS) is 10.2. The summed E-state index contributed by atoms with van der Waals surface area (Å²) in [5.74, 6) is -2.96. The molecule has 0 fully saturated rings. The topological polar surface area (TPSA) is 129 Å². The molecule has 0 bridgehead atoms. The minimum absolute atomic E-state index is 0.0555. The van der Waals surface area contributed by atoms with Gasteiger partial charge in [-0.1, -0.05) is 0 Å². The van der Waals surface area contributed by atoms with E-state index in [4.69, 9.17) is 4.74 Å². The zero-order valence-corrected chi connectivity index (χ0v) is 12.2. The van der Waals surface area contributed by atoms with E-state index in [1.807, 2.05) is 0 Å². The van der Waals surface area contributed by atoms with Crippen molar-refractivity contribution in [3.63, 3.8) is 0 Å². The third kappa shape index (κ3) is 3.26. The number of benzene rings is 1. The van der Waals surface area contributed by atoms with Crippen molar-refractivity contribution in [1.82, 2.24) is 4.98 Å². The van der Waals surface area contributed by atoms with Crippen LogP contribution in [0, 0.1) is 0 Å². The first-order valence-corrected chi connectivity index (χ1v) is 6.99. The summed E-state index contributed by atoms with van der Waals surface area (Å²) in [5.41, 5.74) is -0.192. The van der Waals surface area contributed by atoms with Crippen LogP contribution in [0.25, 0.3) is 0 Å². The van der Waals surface area contributed by atoms with Gasteiger partial charge in [-0.05, 0) is 6.92 Å². The van der Waals surface area contributed by atoms with Gasteiger partial charge in [-0.2, -0.15) is 0 Å². The first-order valence-electron chi connectivity index (χ1n) is 6.11. The van der Waals surface area contributed by atoms with Gasteiger partial charge in [-0.15, -0.1) is 11.3 Å². The Morgan fingerprint density at radius 2 is 1.91 bits per heavy atom. The zero-order valence-electron chi connectivity index (χ0n) is 11.4. The van der Waals surface area contributed by atoms with E-state index in [1.165, 1.54) is 5.38 Å². The fraction of sp³-hybridized carbons (Fsp3) is 0.154. The monoisotopic (exact) mass is 324 g/mol. The molecule has 0 aliphatic carbocycles. The highest BCUT2D eigenvalue weighted by Gasteiger charge is 2.18. The lowest BCUT2D eigenvalue weighted by molar-refractivity contribution is 0.0520. The molecule has 1 heterocycles. The molecule has 0 aliphatic rings. The molecule has 116 valence electrons. The van der Waals surface area contributed by atoms with Gasteiger partial charge in [0.25, 0.3) is 5.91 Å². The van der Waals surface area contributed by atoms with Crippen LogP contribution < -0.4 is 5.32 Å². The number of ether oxygens (including phenoxy) is 1. The number of phenolic OH excluding ortho intramolecular Hbond substituents is 3. The average molecular weight is 324 g/mol. The Morgan fingerprint density at radius 3 is 2.59 bits per heavy atom. The van der Waals surface area contributed by atoms with E-state index in [-0.39, 0.29) is 23.0 Å². The molecule has 0 saturated heterocycles. The van der Waals surface area contributed by atoms with Crippen LogP contribution in [-0.4, -0.2) is 38.8 Å². The first kappa shape index (κ1) is 15.6. The second-order valence-corrected chi connectivity index (χ2v) is 4.93. The first-order chi connectivity index (χ1) is 10.4. The average Bonchev–Trinajstić information content (AvgIpc) is 2.91. The Bertz CT molecular complexity index is 727. The number of nitrogens with one attached hydrogen (secondary N) is 1. The number of thiazole rings is 1. The maximum absolute atomic E-state index is 12.0. The molecule has 1 aromatic heterocycles. The van der Waals surface area contributed by atoms with E-state index >= 15 is 0 Å². The lowest BCUT2D eigenvalue weighted by Gasteiger charge is -2.06. The number of aromatic hydroxyl groups is 3. The number of amides is 1. The summed E-state index contributed by atoms with van der Waals surface area (Å²) in [4.78, 5) is 27.3. The molecule has 0 spiro atoms. The van der Waals surface area contributed by atoms with Crippen LogP contribution in [0.1, 0.15) is 27.8 Å². The van der Waals surface area contributed by atoms with Crippen LogP contribution in [0.2, 0.25) is 0 Å². The number of esters is 1. The van der Waals surface area contributed by atoms with Gasteiger partial charge >= 0.3 is 5.97 Å². The van der Waals surface area contributed by atoms with Crippen LogP contribution in [0.15, 0.2) is 17.5 Å². The summed E-state index contributed by atoms with van der Waals surface area (Å²) in [6.07, 6.45) is 0. The summed E-state index contributed by atoms with van der Waals surface area (Å²) >= 11 is 1.00. The lowest BCUT2D eigenvalue weighted by Crippen LogP contribution is -2.12. The lowest BCUT2D eigenvalue weighted by atomic mass is 10.1. The summed E-state index contributed by atoms with van der Waals surface area (Å²) < 4.78 is 4.77. The Hall–Kier alpha value is -2.81. The van der Waals surface area contributed by atoms with Crippen molar-refractivity contribution in [2.75, 3.05) is 11.9 Å². The number of rotatable bonds is 4. The van der Waals surface area contributed by atoms with Crippen molar-refractivity contribution in [1.29, 1.82) is 0 Å². The summed E-state index contributed by atoms with van der Waals surface area (Å²) in [7, 11) is 0. The van der Waals surface area contributed by atoms with Gasteiger partial charge in [0.1, 0.15) is 5.75 Å². The number of nitrogens with zero attached hydrogens (tertiary/aromatic N) is 1. The van der Waals surface area contributed by atoms with Crippen molar-refractivity contribution in [3.05, 3.63) is 28.8 Å². The molecule has 2 rings (SSSR count). The van der Waals surface area contributed by atoms with Crippen molar-refractivity contribution in [2.24, 2.45) is 0 Å². The molecule has 2 aromatic rings. The van der Waals surface area contributed by atoms with Crippen molar-refractivity contribution in [3.8, 4) is 17.2 Å². The molecule has 9 heteroatoms. The highest BCUT2D eigenvalue weighted by atomic mass is 32.1. The largest absolute Gasteiger partial charge is 0.507 e. The van der Waals surface area contributed by atoms with Gasteiger partial charge in [-0.25, -0.2) is 9.78 Å². The molecule has 4 N–H and O–H groups in total. The molecule has 0 atom stereocenters. The van der Waals surface area contributed by atoms with Crippen LogP contribution in [0.4, 0.5) is 5.13 Å². The Labute approximate surface area is 128 Å². The van der Waals surface area contributed by atoms with Crippen LogP contribution in [-0.2, 0) is 4.74 Å². The third-order valence-electron chi connectivity index (χ3n) is 2.55. The van der Waals surface area contributed by atoms with Gasteiger partial charge in [0.2, 0.25) is 0 Å². The number of anilines is 1. The van der Waals surface area contributed by atoms with Crippen molar-refractivity contribution in [2.45, 2.75) is 6.92 Å². The minimum Gasteiger partial charge on any atom is -0.507 e. The van der Waals surface area contributed by atoms with E-state index in [9.17, 15) is 24.9 Å². The number of carbonyl (C=O) groups is 2. The zero-order chi connectivity index (χ0) is 16.3. The van der Waals surface area contributed by atoms with E-state index in [2.05, 4.69) is 10.3 Å². The SMILES string of the molecule is CCOC(=O)c1csc(NC(=O)c2cc(O)c(O)cc2O)n1. The van der Waals surface area contributed by atoms with Gasteiger partial charge in [0.05, 0.1) is 12.2 Å². The highest BCUT2D eigenvalue weighted by Crippen LogP contribution is 2.32. The maximum atomic E-state index is 12.0. The predicted molar refractivity (Wildman–Crippen MR) is 77.5 cm³/mol. The third-order valence-corrected chi connectivity index (χ3v) is 3.30.